The van der Waals surface area contributed by atoms with Crippen LogP contribution < -0.4 is 5.32 Å². The van der Waals surface area contributed by atoms with Crippen LogP contribution in [0.1, 0.15) is 38.2 Å². The quantitative estimate of drug-likeness (QED) is 0.367. The molecule has 1 spiro atoms. The van der Waals surface area contributed by atoms with E-state index in [1.165, 1.54) is 12.7 Å². The lowest BCUT2D eigenvalue weighted by molar-refractivity contribution is -0.144. The number of carbonyl (C=O) groups is 2. The Bertz CT molecular complexity index is 928. The normalized spacial score (nSPS) is 25.8. The maximum Gasteiger partial charge on any atom is 0.343 e. The standard InChI is InChI=1S/C26H35N3O4/c1-6-7-13-22(33-18-23(30)32-5)20(2)29-19-25(27-24(29)31)14-16-26(17-15-25,28(3)4)21-11-9-8-10-12-21/h6-13H,1,14-19H2,2-5H3,(H,27,31)/b13-7-,22-20-. The topological polar surface area (TPSA) is 71.1 Å². The summed E-state index contributed by atoms with van der Waals surface area (Å²) in [7, 11) is 5.58. The van der Waals surface area contributed by atoms with Gasteiger partial charge in [-0.1, -0.05) is 49.1 Å². The van der Waals surface area contributed by atoms with E-state index < -0.39 is 5.97 Å². The first-order valence-corrected chi connectivity index (χ1v) is 11.3. The average Bonchev–Trinajstić information content (AvgIpc) is 3.15. The van der Waals surface area contributed by atoms with Gasteiger partial charge in [0.05, 0.1) is 24.9 Å². The first-order chi connectivity index (χ1) is 15.8. The molecule has 1 aliphatic carbocycles. The lowest BCUT2D eigenvalue weighted by Gasteiger charge is -2.48. The van der Waals surface area contributed by atoms with Crippen LogP contribution in [-0.2, 0) is 19.8 Å². The summed E-state index contributed by atoms with van der Waals surface area (Å²) in [4.78, 5) is 28.6. The number of amides is 2. The monoisotopic (exact) mass is 453 g/mol. The van der Waals surface area contributed by atoms with Crippen LogP contribution in [0.4, 0.5) is 4.79 Å². The van der Waals surface area contributed by atoms with Crippen molar-refractivity contribution in [2.24, 2.45) is 0 Å². The van der Waals surface area contributed by atoms with Gasteiger partial charge in [0.2, 0.25) is 0 Å². The molecule has 1 N–H and O–H groups in total. The summed E-state index contributed by atoms with van der Waals surface area (Å²) in [5.74, 6) is -0.0434. The number of esters is 1. The zero-order valence-electron chi connectivity index (χ0n) is 20.1. The van der Waals surface area contributed by atoms with Crippen LogP contribution in [0.25, 0.3) is 0 Å². The van der Waals surface area contributed by atoms with Gasteiger partial charge in [-0.2, -0.15) is 0 Å². The molecule has 1 aromatic rings. The highest BCUT2D eigenvalue weighted by atomic mass is 16.6. The van der Waals surface area contributed by atoms with Gasteiger partial charge in [0.1, 0.15) is 5.76 Å². The Morgan fingerprint density at radius 2 is 1.88 bits per heavy atom. The Morgan fingerprint density at radius 3 is 2.45 bits per heavy atom. The van der Waals surface area contributed by atoms with E-state index in [4.69, 9.17) is 4.74 Å². The number of carbonyl (C=O) groups excluding carboxylic acids is 2. The molecule has 7 nitrogen and oxygen atoms in total. The molecule has 3 rings (SSSR count). The second-order valence-corrected chi connectivity index (χ2v) is 9.00. The van der Waals surface area contributed by atoms with Gasteiger partial charge in [0, 0.05) is 5.54 Å². The summed E-state index contributed by atoms with van der Waals surface area (Å²) in [6.45, 7) is 5.84. The van der Waals surface area contributed by atoms with Crippen molar-refractivity contribution in [3.05, 3.63) is 72.2 Å². The van der Waals surface area contributed by atoms with Crippen molar-refractivity contribution in [1.29, 1.82) is 0 Å². The van der Waals surface area contributed by atoms with Crippen molar-refractivity contribution in [2.75, 3.05) is 34.4 Å². The molecule has 0 unspecified atom stereocenters. The van der Waals surface area contributed by atoms with E-state index in [0.717, 1.165) is 25.7 Å². The Kier molecular flexibility index (Phi) is 7.64. The molecular weight excluding hydrogens is 418 g/mol. The van der Waals surface area contributed by atoms with Crippen molar-refractivity contribution >= 4 is 12.0 Å². The smallest absolute Gasteiger partial charge is 0.343 e. The molecule has 1 saturated carbocycles. The highest BCUT2D eigenvalue weighted by Crippen LogP contribution is 2.46. The van der Waals surface area contributed by atoms with Crippen LogP contribution in [0.15, 0.2) is 66.6 Å². The molecule has 2 amide bonds. The molecule has 0 radical (unpaired) electrons. The van der Waals surface area contributed by atoms with Gasteiger partial charge in [-0.25, -0.2) is 9.59 Å². The summed E-state index contributed by atoms with van der Waals surface area (Å²) in [6, 6.07) is 10.5. The number of urea groups is 1. The van der Waals surface area contributed by atoms with Crippen LogP contribution in [0.2, 0.25) is 0 Å². The molecule has 178 valence electrons. The summed E-state index contributed by atoms with van der Waals surface area (Å²) in [5.41, 5.74) is 1.63. The van der Waals surface area contributed by atoms with Gasteiger partial charge in [0.25, 0.3) is 0 Å². The van der Waals surface area contributed by atoms with E-state index in [1.807, 2.05) is 13.0 Å². The van der Waals surface area contributed by atoms with E-state index in [9.17, 15) is 9.59 Å². The molecule has 1 aromatic carbocycles. The van der Waals surface area contributed by atoms with E-state index in [0.29, 0.717) is 18.0 Å². The van der Waals surface area contributed by atoms with Crippen molar-refractivity contribution < 1.29 is 19.1 Å². The summed E-state index contributed by atoms with van der Waals surface area (Å²) >= 11 is 0. The predicted octanol–water partition coefficient (Wildman–Crippen LogP) is 3.94. The molecule has 1 heterocycles. The van der Waals surface area contributed by atoms with Gasteiger partial charge in [-0.3, -0.25) is 9.80 Å². The fourth-order valence-electron chi connectivity index (χ4n) is 4.90. The molecule has 2 fully saturated rings. The summed E-state index contributed by atoms with van der Waals surface area (Å²) < 4.78 is 10.3. The van der Waals surface area contributed by atoms with Crippen molar-refractivity contribution in [3.8, 4) is 0 Å². The second kappa shape index (κ2) is 10.3. The molecule has 7 heteroatoms. The number of benzene rings is 1. The fraction of sp³-hybridized carbons (Fsp3) is 0.462. The average molecular weight is 454 g/mol. The number of nitrogens with zero attached hydrogens (tertiary/aromatic N) is 2. The minimum absolute atomic E-state index is 0.0446. The minimum atomic E-state index is -0.483. The SMILES string of the molecule is C=C/C=C\C(OCC(=O)OC)=C(/C)N1CC2(CCC(c3ccccc3)(N(C)C)CC2)NC1=O. The zero-order chi connectivity index (χ0) is 24.1. The Morgan fingerprint density at radius 1 is 1.21 bits per heavy atom. The summed E-state index contributed by atoms with van der Waals surface area (Å²) in [5, 5.41) is 3.26. The zero-order valence-corrected chi connectivity index (χ0v) is 20.1. The number of rotatable bonds is 8. The number of allylic oxidation sites excluding steroid dienone is 4. The molecule has 0 atom stereocenters. The molecule has 0 aromatic heterocycles. The molecule has 1 saturated heterocycles. The first kappa shape index (κ1) is 24.6. The Balaban J connectivity index is 1.80. The molecule has 33 heavy (non-hydrogen) atoms. The van der Waals surface area contributed by atoms with E-state index >= 15 is 0 Å². The van der Waals surface area contributed by atoms with Gasteiger partial charge >= 0.3 is 12.0 Å². The largest absolute Gasteiger partial charge is 0.480 e. The van der Waals surface area contributed by atoms with Gasteiger partial charge < -0.3 is 14.8 Å². The van der Waals surface area contributed by atoms with Crippen LogP contribution in [0.3, 0.4) is 0 Å². The van der Waals surface area contributed by atoms with Crippen molar-refractivity contribution in [1.82, 2.24) is 15.1 Å². The second-order valence-electron chi connectivity index (χ2n) is 9.00. The minimum Gasteiger partial charge on any atom is -0.480 e. The maximum atomic E-state index is 13.0. The van der Waals surface area contributed by atoms with Crippen molar-refractivity contribution in [3.63, 3.8) is 0 Å². The molecule has 1 aliphatic heterocycles. The van der Waals surface area contributed by atoms with Crippen LogP contribution in [-0.4, -0.2) is 61.7 Å². The third-order valence-corrected chi connectivity index (χ3v) is 7.00. The number of nitrogens with one attached hydrogen (secondary N) is 1. The van der Waals surface area contributed by atoms with Crippen LogP contribution in [0.5, 0.6) is 0 Å². The Hall–Kier alpha value is -3.06. The van der Waals surface area contributed by atoms with Crippen molar-refractivity contribution in [2.45, 2.75) is 43.7 Å². The number of hydrogen-bond acceptors (Lipinski definition) is 5. The lowest BCUT2D eigenvalue weighted by atomic mass is 9.69. The van der Waals surface area contributed by atoms with Crippen LogP contribution in [0, 0.1) is 0 Å². The first-order valence-electron chi connectivity index (χ1n) is 11.3. The predicted molar refractivity (Wildman–Crippen MR) is 128 cm³/mol. The summed E-state index contributed by atoms with van der Waals surface area (Å²) in [6.07, 6.45) is 8.67. The molecule has 0 bridgehead atoms. The van der Waals surface area contributed by atoms with Gasteiger partial charge in [-0.05, 0) is 58.3 Å². The van der Waals surface area contributed by atoms with E-state index in [-0.39, 0.29) is 23.7 Å². The number of methoxy groups -OCH3 is 1. The van der Waals surface area contributed by atoms with Crippen LogP contribution >= 0.6 is 0 Å². The van der Waals surface area contributed by atoms with E-state index in [1.54, 1.807) is 23.1 Å². The maximum absolute atomic E-state index is 13.0. The fourth-order valence-corrected chi connectivity index (χ4v) is 4.90. The highest BCUT2D eigenvalue weighted by Gasteiger charge is 2.50. The third-order valence-electron chi connectivity index (χ3n) is 7.00. The molecular formula is C26H35N3O4. The molecule has 2 aliphatic rings. The third kappa shape index (κ3) is 5.14. The van der Waals surface area contributed by atoms with Gasteiger partial charge in [-0.15, -0.1) is 0 Å². The lowest BCUT2D eigenvalue weighted by Crippen LogP contribution is -2.54. The Labute approximate surface area is 196 Å². The number of ether oxygens (including phenoxy) is 2. The number of hydrogen-bond donors (Lipinski definition) is 1. The highest BCUT2D eigenvalue weighted by molar-refractivity contribution is 5.80. The van der Waals surface area contributed by atoms with E-state index in [2.05, 4.69) is 59.9 Å². The van der Waals surface area contributed by atoms with Gasteiger partial charge in [0.15, 0.2) is 6.61 Å².